The molecule has 0 aliphatic heterocycles. The van der Waals surface area contributed by atoms with Crippen LogP contribution >= 0.6 is 0 Å². The largest absolute Gasteiger partial charge is 0.493 e. The topological polar surface area (TPSA) is 31.6 Å². The molecule has 0 spiro atoms. The lowest BCUT2D eigenvalue weighted by atomic mass is 10.2. The third-order valence-corrected chi connectivity index (χ3v) is 3.15. The molecule has 3 heteroatoms. The van der Waals surface area contributed by atoms with E-state index in [1.807, 2.05) is 55.5 Å². The van der Waals surface area contributed by atoms with Gasteiger partial charge in [0.2, 0.25) is 0 Å². The quantitative estimate of drug-likeness (QED) is 0.705. The van der Waals surface area contributed by atoms with E-state index in [4.69, 9.17) is 13.9 Å². The van der Waals surface area contributed by atoms with E-state index in [1.165, 1.54) is 0 Å². The molecule has 0 fully saturated rings. The Morgan fingerprint density at radius 2 is 1.85 bits per heavy atom. The van der Waals surface area contributed by atoms with Gasteiger partial charge >= 0.3 is 0 Å². The van der Waals surface area contributed by atoms with Gasteiger partial charge in [-0.25, -0.2) is 0 Å². The van der Waals surface area contributed by atoms with Gasteiger partial charge < -0.3 is 13.9 Å². The molecule has 0 aliphatic carbocycles. The highest BCUT2D eigenvalue weighted by Gasteiger charge is 2.10. The Balaban J connectivity index is 1.88. The average molecular weight is 268 g/mol. The van der Waals surface area contributed by atoms with E-state index in [0.29, 0.717) is 12.4 Å². The fourth-order valence-corrected chi connectivity index (χ4v) is 2.20. The van der Waals surface area contributed by atoms with Crippen molar-refractivity contribution in [1.82, 2.24) is 0 Å². The van der Waals surface area contributed by atoms with Crippen molar-refractivity contribution in [3.63, 3.8) is 0 Å². The van der Waals surface area contributed by atoms with Crippen LogP contribution in [0.5, 0.6) is 11.5 Å². The molecule has 3 nitrogen and oxygen atoms in total. The lowest BCUT2D eigenvalue weighted by Gasteiger charge is -2.08. The van der Waals surface area contributed by atoms with Crippen LogP contribution in [0.15, 0.2) is 52.9 Å². The molecule has 0 atom stereocenters. The first kappa shape index (κ1) is 12.6. The summed E-state index contributed by atoms with van der Waals surface area (Å²) in [5.41, 5.74) is 1.90. The molecule has 3 aromatic rings. The smallest absolute Gasteiger partial charge is 0.176 e. The van der Waals surface area contributed by atoms with Crippen LogP contribution < -0.4 is 9.47 Å². The molecule has 0 unspecified atom stereocenters. The van der Waals surface area contributed by atoms with Gasteiger partial charge in [-0.1, -0.05) is 30.3 Å². The van der Waals surface area contributed by atoms with Crippen LogP contribution in [0.4, 0.5) is 0 Å². The summed E-state index contributed by atoms with van der Waals surface area (Å²) >= 11 is 0. The van der Waals surface area contributed by atoms with Gasteiger partial charge in [0, 0.05) is 11.5 Å². The summed E-state index contributed by atoms with van der Waals surface area (Å²) in [6, 6.07) is 15.9. The summed E-state index contributed by atoms with van der Waals surface area (Å²) in [7, 11) is 1.63. The highest BCUT2D eigenvalue weighted by Crippen LogP contribution is 2.33. The molecule has 102 valence electrons. The molecule has 1 heterocycles. The molecule has 0 saturated heterocycles. The Morgan fingerprint density at radius 3 is 2.60 bits per heavy atom. The standard InChI is InChI=1S/C17H16O3/c1-12-8-14-9-15(10-16(18-2)17(14)20-12)19-11-13-6-4-3-5-7-13/h3-10H,11H2,1-2H3. The fourth-order valence-electron chi connectivity index (χ4n) is 2.20. The van der Waals surface area contributed by atoms with Gasteiger partial charge in [-0.05, 0) is 24.6 Å². The minimum absolute atomic E-state index is 0.534. The summed E-state index contributed by atoms with van der Waals surface area (Å²) < 4.78 is 16.8. The first-order valence-corrected chi connectivity index (χ1v) is 6.51. The molecule has 0 saturated carbocycles. The van der Waals surface area contributed by atoms with Crippen molar-refractivity contribution in [1.29, 1.82) is 0 Å². The lowest BCUT2D eigenvalue weighted by Crippen LogP contribution is -1.95. The minimum atomic E-state index is 0.534. The maximum Gasteiger partial charge on any atom is 0.176 e. The van der Waals surface area contributed by atoms with E-state index >= 15 is 0 Å². The Bertz CT molecular complexity index is 714. The number of aryl methyl sites for hydroxylation is 1. The van der Waals surface area contributed by atoms with Gasteiger partial charge in [0.1, 0.15) is 18.1 Å². The van der Waals surface area contributed by atoms with Crippen LogP contribution in [0, 0.1) is 6.92 Å². The van der Waals surface area contributed by atoms with Crippen molar-refractivity contribution >= 4 is 11.0 Å². The van der Waals surface area contributed by atoms with Crippen molar-refractivity contribution in [2.75, 3.05) is 7.11 Å². The zero-order valence-corrected chi connectivity index (χ0v) is 11.6. The summed E-state index contributed by atoms with van der Waals surface area (Å²) in [6.07, 6.45) is 0. The Labute approximate surface area is 117 Å². The number of hydrogen-bond acceptors (Lipinski definition) is 3. The molecule has 0 aliphatic rings. The van der Waals surface area contributed by atoms with Crippen LogP contribution in [0.2, 0.25) is 0 Å². The van der Waals surface area contributed by atoms with Crippen LogP contribution in [-0.2, 0) is 6.61 Å². The van der Waals surface area contributed by atoms with E-state index in [1.54, 1.807) is 7.11 Å². The number of benzene rings is 2. The summed E-state index contributed by atoms with van der Waals surface area (Å²) in [5.74, 6) is 2.33. The monoisotopic (exact) mass is 268 g/mol. The second kappa shape index (κ2) is 5.29. The number of hydrogen-bond donors (Lipinski definition) is 0. The van der Waals surface area contributed by atoms with Gasteiger partial charge in [-0.3, -0.25) is 0 Å². The number of ether oxygens (including phenoxy) is 2. The highest BCUT2D eigenvalue weighted by molar-refractivity contribution is 5.85. The molecule has 1 aromatic heterocycles. The molecule has 0 N–H and O–H groups in total. The van der Waals surface area contributed by atoms with Gasteiger partial charge in [0.25, 0.3) is 0 Å². The summed E-state index contributed by atoms with van der Waals surface area (Å²) in [4.78, 5) is 0. The molecule has 3 rings (SSSR count). The van der Waals surface area contributed by atoms with Crippen molar-refractivity contribution in [3.8, 4) is 11.5 Å². The molecule has 0 amide bonds. The van der Waals surface area contributed by atoms with Crippen molar-refractivity contribution < 1.29 is 13.9 Å². The second-order valence-corrected chi connectivity index (χ2v) is 4.68. The third-order valence-electron chi connectivity index (χ3n) is 3.15. The maximum atomic E-state index is 5.83. The fraction of sp³-hybridized carbons (Fsp3) is 0.176. The zero-order valence-electron chi connectivity index (χ0n) is 11.6. The number of rotatable bonds is 4. The average Bonchev–Trinajstić information content (AvgIpc) is 2.85. The van der Waals surface area contributed by atoms with E-state index in [9.17, 15) is 0 Å². The van der Waals surface area contributed by atoms with Gasteiger partial charge in [0.15, 0.2) is 11.3 Å². The molecular weight excluding hydrogens is 252 g/mol. The first-order chi connectivity index (χ1) is 9.76. The molecule has 0 bridgehead atoms. The van der Waals surface area contributed by atoms with E-state index in [2.05, 4.69) is 0 Å². The predicted molar refractivity (Wildman–Crippen MR) is 78.3 cm³/mol. The van der Waals surface area contributed by atoms with Gasteiger partial charge in [-0.15, -0.1) is 0 Å². The second-order valence-electron chi connectivity index (χ2n) is 4.68. The molecular formula is C17H16O3. The maximum absolute atomic E-state index is 5.83. The Kier molecular flexibility index (Phi) is 3.33. The molecule has 20 heavy (non-hydrogen) atoms. The SMILES string of the molecule is COc1cc(OCc2ccccc2)cc2cc(C)oc12. The number of fused-ring (bicyclic) bond motifs is 1. The van der Waals surface area contributed by atoms with Crippen LogP contribution in [0.1, 0.15) is 11.3 Å². The first-order valence-electron chi connectivity index (χ1n) is 6.51. The van der Waals surface area contributed by atoms with Crippen molar-refractivity contribution in [2.45, 2.75) is 13.5 Å². The molecule has 0 radical (unpaired) electrons. The zero-order chi connectivity index (χ0) is 13.9. The third kappa shape index (κ3) is 2.48. The van der Waals surface area contributed by atoms with Gasteiger partial charge in [-0.2, -0.15) is 0 Å². The minimum Gasteiger partial charge on any atom is -0.493 e. The Hall–Kier alpha value is -2.42. The normalized spacial score (nSPS) is 10.7. The van der Waals surface area contributed by atoms with Crippen LogP contribution in [0.3, 0.4) is 0 Å². The Morgan fingerprint density at radius 1 is 1.05 bits per heavy atom. The van der Waals surface area contributed by atoms with E-state index in [-0.39, 0.29) is 0 Å². The van der Waals surface area contributed by atoms with E-state index in [0.717, 1.165) is 28.0 Å². The predicted octanol–water partition coefficient (Wildman–Crippen LogP) is 4.33. The van der Waals surface area contributed by atoms with E-state index < -0.39 is 0 Å². The lowest BCUT2D eigenvalue weighted by molar-refractivity contribution is 0.304. The van der Waals surface area contributed by atoms with Crippen LogP contribution in [-0.4, -0.2) is 7.11 Å². The molecule has 2 aromatic carbocycles. The number of methoxy groups -OCH3 is 1. The van der Waals surface area contributed by atoms with Crippen molar-refractivity contribution in [3.05, 3.63) is 59.9 Å². The van der Waals surface area contributed by atoms with Crippen LogP contribution in [0.25, 0.3) is 11.0 Å². The van der Waals surface area contributed by atoms with Crippen molar-refractivity contribution in [2.24, 2.45) is 0 Å². The highest BCUT2D eigenvalue weighted by atomic mass is 16.5. The number of furan rings is 1. The summed E-state index contributed by atoms with van der Waals surface area (Å²) in [5, 5.41) is 0.991. The van der Waals surface area contributed by atoms with Gasteiger partial charge in [0.05, 0.1) is 7.11 Å². The summed E-state index contributed by atoms with van der Waals surface area (Å²) in [6.45, 7) is 2.45.